The van der Waals surface area contributed by atoms with Gasteiger partial charge < -0.3 is 10.2 Å². The summed E-state index contributed by atoms with van der Waals surface area (Å²) in [4.78, 5) is 27.5. The fraction of sp³-hybridized carbons (Fsp3) is 0.636. The molecule has 1 heterocycles. The maximum Gasteiger partial charge on any atom is 0.235 e. The summed E-state index contributed by atoms with van der Waals surface area (Å²) in [6.07, 6.45) is 3.87. The van der Waals surface area contributed by atoms with Crippen LogP contribution < -0.4 is 5.32 Å². The largest absolute Gasteiger partial charge is 0.356 e. The SMILES string of the molecule is CCCCNC(=O)C1CCCN(C(=O)C(SCc2ccccc2)C(C)C)C1. The third kappa shape index (κ3) is 6.87. The fourth-order valence-electron chi connectivity index (χ4n) is 3.41. The van der Waals surface area contributed by atoms with Gasteiger partial charge in [0.1, 0.15) is 0 Å². The summed E-state index contributed by atoms with van der Waals surface area (Å²) in [6, 6.07) is 10.3. The van der Waals surface area contributed by atoms with Crippen LogP contribution in [0.2, 0.25) is 0 Å². The highest BCUT2D eigenvalue weighted by Gasteiger charge is 2.33. The van der Waals surface area contributed by atoms with E-state index >= 15 is 0 Å². The van der Waals surface area contributed by atoms with E-state index in [2.05, 4.69) is 38.2 Å². The van der Waals surface area contributed by atoms with Gasteiger partial charge in [-0.3, -0.25) is 9.59 Å². The van der Waals surface area contributed by atoms with Crippen LogP contribution >= 0.6 is 11.8 Å². The third-order valence-corrected chi connectivity index (χ3v) is 6.66. The number of nitrogens with one attached hydrogen (secondary N) is 1. The second-order valence-corrected chi connectivity index (χ2v) is 8.86. The summed E-state index contributed by atoms with van der Waals surface area (Å²) in [5.74, 6) is 1.34. The predicted molar refractivity (Wildman–Crippen MR) is 114 cm³/mol. The zero-order chi connectivity index (χ0) is 19.6. The molecular weight excluding hydrogens is 356 g/mol. The van der Waals surface area contributed by atoms with Gasteiger partial charge in [-0.1, -0.05) is 57.5 Å². The van der Waals surface area contributed by atoms with Crippen LogP contribution in [0.15, 0.2) is 30.3 Å². The summed E-state index contributed by atoms with van der Waals surface area (Å²) in [6.45, 7) is 8.41. The lowest BCUT2D eigenvalue weighted by Gasteiger charge is -2.35. The number of piperidine rings is 1. The molecule has 2 unspecified atom stereocenters. The van der Waals surface area contributed by atoms with Gasteiger partial charge in [-0.15, -0.1) is 11.8 Å². The number of unbranched alkanes of at least 4 members (excludes halogenated alkanes) is 1. The minimum absolute atomic E-state index is 0.0629. The second-order valence-electron chi connectivity index (χ2n) is 7.73. The molecule has 150 valence electrons. The standard InChI is InChI=1S/C22H34N2O2S/c1-4-5-13-23-21(25)19-12-9-14-24(15-19)22(26)20(17(2)3)27-16-18-10-7-6-8-11-18/h6-8,10-11,17,19-20H,4-5,9,12-16H2,1-3H3,(H,23,25). The average Bonchev–Trinajstić information content (AvgIpc) is 2.68. The van der Waals surface area contributed by atoms with Crippen molar-refractivity contribution in [2.45, 2.75) is 57.5 Å². The molecule has 1 aliphatic rings. The highest BCUT2D eigenvalue weighted by Crippen LogP contribution is 2.28. The van der Waals surface area contributed by atoms with Gasteiger partial charge in [0.05, 0.1) is 11.2 Å². The maximum absolute atomic E-state index is 13.2. The minimum Gasteiger partial charge on any atom is -0.356 e. The molecule has 5 heteroatoms. The lowest BCUT2D eigenvalue weighted by Crippen LogP contribution is -2.49. The molecule has 2 atom stereocenters. The van der Waals surface area contributed by atoms with Crippen LogP contribution in [0.4, 0.5) is 0 Å². The van der Waals surface area contributed by atoms with Gasteiger partial charge >= 0.3 is 0 Å². The number of thioether (sulfide) groups is 1. The van der Waals surface area contributed by atoms with Gasteiger partial charge in [-0.2, -0.15) is 0 Å². The number of hydrogen-bond donors (Lipinski definition) is 1. The predicted octanol–water partition coefficient (Wildman–Crippen LogP) is 4.10. The third-order valence-electron chi connectivity index (χ3n) is 5.05. The first-order chi connectivity index (χ1) is 13.0. The van der Waals surface area contributed by atoms with Gasteiger partial charge in [0, 0.05) is 25.4 Å². The van der Waals surface area contributed by atoms with Crippen molar-refractivity contribution >= 4 is 23.6 Å². The van der Waals surface area contributed by atoms with E-state index in [1.807, 2.05) is 23.1 Å². The monoisotopic (exact) mass is 390 g/mol. The number of benzene rings is 1. The summed E-state index contributed by atoms with van der Waals surface area (Å²) in [5, 5.41) is 2.97. The maximum atomic E-state index is 13.2. The van der Waals surface area contributed by atoms with E-state index in [4.69, 9.17) is 0 Å². The number of nitrogens with zero attached hydrogens (tertiary/aromatic N) is 1. The lowest BCUT2D eigenvalue weighted by atomic mass is 9.96. The number of likely N-dealkylation sites (tertiary alicyclic amines) is 1. The van der Waals surface area contributed by atoms with Crippen LogP contribution in [0.1, 0.15) is 52.0 Å². The number of amides is 2. The highest BCUT2D eigenvalue weighted by atomic mass is 32.2. The molecule has 27 heavy (non-hydrogen) atoms. The van der Waals surface area contributed by atoms with E-state index in [0.29, 0.717) is 6.54 Å². The fourth-order valence-corrected chi connectivity index (χ4v) is 4.65. The molecule has 1 saturated heterocycles. The van der Waals surface area contributed by atoms with E-state index in [-0.39, 0.29) is 28.9 Å². The summed E-state index contributed by atoms with van der Waals surface area (Å²) in [7, 11) is 0. The van der Waals surface area contributed by atoms with E-state index in [1.54, 1.807) is 11.8 Å². The van der Waals surface area contributed by atoms with Crippen molar-refractivity contribution in [3.05, 3.63) is 35.9 Å². The van der Waals surface area contributed by atoms with Crippen molar-refractivity contribution in [2.75, 3.05) is 19.6 Å². The lowest BCUT2D eigenvalue weighted by molar-refractivity contribution is -0.135. The molecule has 2 rings (SSSR count). The van der Waals surface area contributed by atoms with Crippen molar-refractivity contribution in [1.29, 1.82) is 0 Å². The van der Waals surface area contributed by atoms with Crippen molar-refractivity contribution in [2.24, 2.45) is 11.8 Å². The van der Waals surface area contributed by atoms with Crippen LogP contribution in [0.5, 0.6) is 0 Å². The Bertz CT molecular complexity index is 591. The van der Waals surface area contributed by atoms with Crippen LogP contribution in [0.25, 0.3) is 0 Å². The molecule has 2 amide bonds. The Labute approximate surface area is 168 Å². The first kappa shape index (κ1) is 21.8. The topological polar surface area (TPSA) is 49.4 Å². The van der Waals surface area contributed by atoms with Crippen LogP contribution in [-0.4, -0.2) is 41.6 Å². The van der Waals surface area contributed by atoms with E-state index in [0.717, 1.165) is 44.5 Å². The van der Waals surface area contributed by atoms with Crippen molar-refractivity contribution < 1.29 is 9.59 Å². The van der Waals surface area contributed by atoms with Crippen LogP contribution in [0, 0.1) is 11.8 Å². The number of rotatable bonds is 9. The molecule has 0 aromatic heterocycles. The van der Waals surface area contributed by atoms with Gasteiger partial charge in [-0.05, 0) is 30.7 Å². The van der Waals surface area contributed by atoms with Crippen molar-refractivity contribution in [3.63, 3.8) is 0 Å². The Kier molecular flexibility index (Phi) is 9.19. The van der Waals surface area contributed by atoms with Crippen molar-refractivity contribution in [3.8, 4) is 0 Å². The quantitative estimate of drug-likeness (QED) is 0.646. The zero-order valence-corrected chi connectivity index (χ0v) is 17.8. The minimum atomic E-state index is -0.0634. The van der Waals surface area contributed by atoms with Crippen LogP contribution in [0.3, 0.4) is 0 Å². The van der Waals surface area contributed by atoms with Gasteiger partial charge in [0.25, 0.3) is 0 Å². The Hall–Kier alpha value is -1.49. The highest BCUT2D eigenvalue weighted by molar-refractivity contribution is 7.99. The smallest absolute Gasteiger partial charge is 0.235 e. The Morgan fingerprint density at radius 1 is 1.26 bits per heavy atom. The molecule has 1 aromatic carbocycles. The molecule has 0 spiro atoms. The first-order valence-electron chi connectivity index (χ1n) is 10.2. The van der Waals surface area contributed by atoms with Gasteiger partial charge in [0.2, 0.25) is 11.8 Å². The van der Waals surface area contributed by atoms with Gasteiger partial charge in [0.15, 0.2) is 0 Å². The molecule has 0 bridgehead atoms. The summed E-state index contributed by atoms with van der Waals surface area (Å²) < 4.78 is 0. The first-order valence-corrected chi connectivity index (χ1v) is 11.3. The Morgan fingerprint density at radius 2 is 2.00 bits per heavy atom. The van der Waals surface area contributed by atoms with Crippen molar-refractivity contribution in [1.82, 2.24) is 10.2 Å². The summed E-state index contributed by atoms with van der Waals surface area (Å²) >= 11 is 1.72. The Morgan fingerprint density at radius 3 is 2.67 bits per heavy atom. The van der Waals surface area contributed by atoms with E-state index in [9.17, 15) is 9.59 Å². The Balaban J connectivity index is 1.92. The molecule has 0 radical (unpaired) electrons. The molecule has 0 aliphatic carbocycles. The molecule has 1 fully saturated rings. The average molecular weight is 391 g/mol. The molecule has 0 saturated carbocycles. The van der Waals surface area contributed by atoms with Crippen LogP contribution in [-0.2, 0) is 15.3 Å². The molecule has 1 aliphatic heterocycles. The molecule has 4 nitrogen and oxygen atoms in total. The molecule has 1 aromatic rings. The second kappa shape index (κ2) is 11.4. The number of carbonyl (C=O) groups excluding carboxylic acids is 2. The molecular formula is C22H34N2O2S. The van der Waals surface area contributed by atoms with E-state index < -0.39 is 0 Å². The van der Waals surface area contributed by atoms with E-state index in [1.165, 1.54) is 5.56 Å². The summed E-state index contributed by atoms with van der Waals surface area (Å²) in [5.41, 5.74) is 1.24. The van der Waals surface area contributed by atoms with Gasteiger partial charge in [-0.25, -0.2) is 0 Å². The zero-order valence-electron chi connectivity index (χ0n) is 16.9. The number of carbonyl (C=O) groups is 2. The number of hydrogen-bond acceptors (Lipinski definition) is 3. The normalized spacial score (nSPS) is 18.4. The molecule has 1 N–H and O–H groups in total.